The minimum Gasteiger partial charge on any atom is -0.497 e. The number of hydrogen-bond donors (Lipinski definition) is 1. The van der Waals surface area contributed by atoms with Crippen LogP contribution >= 0.6 is 0 Å². The molecule has 0 radical (unpaired) electrons. The molecule has 0 unspecified atom stereocenters. The van der Waals surface area contributed by atoms with Crippen LogP contribution in [0.5, 0.6) is 11.5 Å². The lowest BCUT2D eigenvalue weighted by molar-refractivity contribution is -0.137. The van der Waals surface area contributed by atoms with Crippen molar-refractivity contribution in [3.63, 3.8) is 0 Å². The Hall–Kier alpha value is -1.85. The third kappa shape index (κ3) is 4.22. The molecule has 1 aromatic rings. The topological polar surface area (TPSA) is 127 Å². The summed E-state index contributed by atoms with van der Waals surface area (Å²) in [5, 5.41) is 9.10. The number of sulfone groups is 1. The second-order valence-corrected chi connectivity index (χ2v) is 9.61. The molecule has 1 saturated heterocycles. The molecule has 0 amide bonds. The lowest BCUT2D eigenvalue weighted by atomic mass is 10.2. The molecule has 140 valence electrons. The average molecular weight is 393 g/mol. The Labute approximate surface area is 146 Å². The summed E-state index contributed by atoms with van der Waals surface area (Å²) < 4.78 is 60.3. The van der Waals surface area contributed by atoms with Gasteiger partial charge in [0.05, 0.1) is 25.7 Å². The number of nitrogens with zero attached hydrogens (tertiary/aromatic N) is 1. The Balaban J connectivity index is 2.54. The summed E-state index contributed by atoms with van der Waals surface area (Å²) in [6, 6.07) is 3.16. The van der Waals surface area contributed by atoms with E-state index < -0.39 is 44.2 Å². The fourth-order valence-corrected chi connectivity index (χ4v) is 6.26. The van der Waals surface area contributed by atoms with E-state index in [2.05, 4.69) is 0 Å². The molecule has 1 fully saturated rings. The summed E-state index contributed by atoms with van der Waals surface area (Å²) in [6.45, 7) is -0.844. The van der Waals surface area contributed by atoms with Gasteiger partial charge in [-0.25, -0.2) is 16.8 Å². The van der Waals surface area contributed by atoms with Crippen LogP contribution in [0.2, 0.25) is 0 Å². The fourth-order valence-electron chi connectivity index (χ4n) is 2.66. The van der Waals surface area contributed by atoms with Crippen molar-refractivity contribution >= 4 is 25.8 Å². The highest BCUT2D eigenvalue weighted by Gasteiger charge is 2.41. The lowest BCUT2D eigenvalue weighted by Gasteiger charge is -2.26. The smallest absolute Gasteiger partial charge is 0.318 e. The lowest BCUT2D eigenvalue weighted by Crippen LogP contribution is -2.44. The van der Waals surface area contributed by atoms with Gasteiger partial charge >= 0.3 is 5.97 Å². The molecule has 1 atom stereocenters. The average Bonchev–Trinajstić information content (AvgIpc) is 2.91. The number of methoxy groups -OCH3 is 2. The number of carboxylic acids is 1. The van der Waals surface area contributed by atoms with Crippen LogP contribution < -0.4 is 9.47 Å². The van der Waals surface area contributed by atoms with Crippen LogP contribution in [-0.2, 0) is 24.7 Å². The Morgan fingerprint density at radius 3 is 2.48 bits per heavy atom. The quantitative estimate of drug-likeness (QED) is 0.684. The van der Waals surface area contributed by atoms with Gasteiger partial charge in [-0.2, -0.15) is 4.31 Å². The molecule has 1 heterocycles. The van der Waals surface area contributed by atoms with Gasteiger partial charge in [0, 0.05) is 12.1 Å². The highest BCUT2D eigenvalue weighted by Crippen LogP contribution is 2.33. The fraction of sp³-hybridized carbons (Fsp3) is 0.500. The summed E-state index contributed by atoms with van der Waals surface area (Å²) in [4.78, 5) is 10.9. The van der Waals surface area contributed by atoms with Crippen molar-refractivity contribution in [1.82, 2.24) is 4.31 Å². The third-order valence-electron chi connectivity index (χ3n) is 3.86. The molecule has 0 bridgehead atoms. The first-order valence-corrected chi connectivity index (χ1v) is 10.5. The van der Waals surface area contributed by atoms with Gasteiger partial charge in [-0.05, 0) is 18.6 Å². The molecule has 2 rings (SSSR count). The van der Waals surface area contributed by atoms with Gasteiger partial charge in [0.2, 0.25) is 10.0 Å². The van der Waals surface area contributed by atoms with E-state index in [-0.39, 0.29) is 28.6 Å². The second kappa shape index (κ2) is 7.18. The minimum absolute atomic E-state index is 0.0112. The molecule has 0 aromatic heterocycles. The van der Waals surface area contributed by atoms with Gasteiger partial charge in [0.1, 0.15) is 22.9 Å². The minimum atomic E-state index is -4.32. The second-order valence-electron chi connectivity index (χ2n) is 5.52. The molecule has 11 heteroatoms. The highest BCUT2D eigenvalue weighted by molar-refractivity contribution is 7.92. The van der Waals surface area contributed by atoms with E-state index in [1.165, 1.54) is 32.4 Å². The van der Waals surface area contributed by atoms with Gasteiger partial charge in [0.15, 0.2) is 9.84 Å². The molecule has 1 N–H and O–H groups in total. The maximum Gasteiger partial charge on any atom is 0.318 e. The van der Waals surface area contributed by atoms with E-state index >= 15 is 0 Å². The summed E-state index contributed by atoms with van der Waals surface area (Å²) in [6.07, 6.45) is 0.0428. The largest absolute Gasteiger partial charge is 0.497 e. The van der Waals surface area contributed by atoms with Crippen molar-refractivity contribution < 1.29 is 36.2 Å². The Morgan fingerprint density at radius 2 is 2.00 bits per heavy atom. The van der Waals surface area contributed by atoms with Gasteiger partial charge < -0.3 is 14.6 Å². The van der Waals surface area contributed by atoms with E-state index in [4.69, 9.17) is 14.6 Å². The number of carbonyl (C=O) groups is 1. The molecule has 0 aliphatic carbocycles. The molecular formula is C14H19NO8S2. The monoisotopic (exact) mass is 393 g/mol. The predicted octanol–water partition coefficient (Wildman–Crippen LogP) is -0.0338. The van der Waals surface area contributed by atoms with Crippen molar-refractivity contribution in [3.05, 3.63) is 18.2 Å². The summed E-state index contributed by atoms with van der Waals surface area (Å²) in [5.41, 5.74) is 0. The van der Waals surface area contributed by atoms with Crippen LogP contribution in [0.15, 0.2) is 23.1 Å². The van der Waals surface area contributed by atoms with Crippen LogP contribution in [-0.4, -0.2) is 70.5 Å². The van der Waals surface area contributed by atoms with Crippen molar-refractivity contribution in [2.75, 3.05) is 32.3 Å². The van der Waals surface area contributed by atoms with Crippen molar-refractivity contribution in [2.24, 2.45) is 0 Å². The van der Waals surface area contributed by atoms with Gasteiger partial charge in [-0.1, -0.05) is 0 Å². The predicted molar refractivity (Wildman–Crippen MR) is 88.1 cm³/mol. The van der Waals surface area contributed by atoms with Crippen LogP contribution in [0.4, 0.5) is 0 Å². The number of benzene rings is 1. The molecule has 0 spiro atoms. The molecule has 1 aliphatic heterocycles. The number of sulfonamides is 1. The maximum atomic E-state index is 13.0. The van der Waals surface area contributed by atoms with Crippen LogP contribution in [0.25, 0.3) is 0 Å². The van der Waals surface area contributed by atoms with Gasteiger partial charge in [-0.15, -0.1) is 0 Å². The van der Waals surface area contributed by atoms with Crippen molar-refractivity contribution in [1.29, 1.82) is 0 Å². The number of aliphatic carboxylic acids is 1. The number of rotatable bonds is 7. The van der Waals surface area contributed by atoms with E-state index in [9.17, 15) is 21.6 Å². The maximum absolute atomic E-state index is 13.0. The Kier molecular flexibility index (Phi) is 5.59. The molecule has 25 heavy (non-hydrogen) atoms. The van der Waals surface area contributed by atoms with Crippen molar-refractivity contribution in [3.8, 4) is 11.5 Å². The van der Waals surface area contributed by atoms with E-state index in [1.54, 1.807) is 0 Å². The molecule has 0 saturated carbocycles. The van der Waals surface area contributed by atoms with Crippen LogP contribution in [0.1, 0.15) is 6.42 Å². The number of ether oxygens (including phenoxy) is 2. The van der Waals surface area contributed by atoms with Gasteiger partial charge in [-0.3, -0.25) is 4.79 Å². The summed E-state index contributed by atoms with van der Waals surface area (Å²) in [7, 11) is -5.09. The molecular weight excluding hydrogens is 374 g/mol. The third-order valence-corrected chi connectivity index (χ3v) is 7.53. The first-order chi connectivity index (χ1) is 11.6. The SMILES string of the molecule is COc1ccc(OC)c(S(=O)(=O)N(CC(=O)O)[C@H]2CCS(=O)(=O)C2)c1. The zero-order valence-corrected chi connectivity index (χ0v) is 15.3. The number of hydrogen-bond acceptors (Lipinski definition) is 7. The van der Waals surface area contributed by atoms with E-state index in [0.29, 0.717) is 4.31 Å². The molecule has 9 nitrogen and oxygen atoms in total. The van der Waals surface area contributed by atoms with E-state index in [1.807, 2.05) is 0 Å². The van der Waals surface area contributed by atoms with Crippen LogP contribution in [0, 0.1) is 0 Å². The Morgan fingerprint density at radius 1 is 1.32 bits per heavy atom. The molecule has 1 aliphatic rings. The normalized spacial score (nSPS) is 19.7. The van der Waals surface area contributed by atoms with E-state index in [0.717, 1.165) is 0 Å². The van der Waals surface area contributed by atoms with Crippen molar-refractivity contribution in [2.45, 2.75) is 17.4 Å². The zero-order valence-electron chi connectivity index (χ0n) is 13.7. The highest BCUT2D eigenvalue weighted by atomic mass is 32.2. The standard InChI is InChI=1S/C14H19NO8S2/c1-22-11-3-4-12(23-2)13(7-11)25(20,21)15(8-14(16)17)10-5-6-24(18,19)9-10/h3-4,7,10H,5-6,8-9H2,1-2H3,(H,16,17)/t10-/m0/s1. The first-order valence-electron chi connectivity index (χ1n) is 7.27. The summed E-state index contributed by atoms with van der Waals surface area (Å²) >= 11 is 0. The molecule has 1 aromatic carbocycles. The summed E-state index contributed by atoms with van der Waals surface area (Å²) in [5.74, 6) is -1.72. The first kappa shape index (κ1) is 19.5. The van der Waals surface area contributed by atoms with Crippen LogP contribution in [0.3, 0.4) is 0 Å². The number of carboxylic acid groups (broad SMARTS) is 1. The zero-order chi connectivity index (χ0) is 18.8. The Bertz CT molecular complexity index is 863. The van der Waals surface area contributed by atoms with Gasteiger partial charge in [0.25, 0.3) is 0 Å².